The molecule has 0 aromatic carbocycles. The molecule has 1 rings (SSSR count). The molecule has 0 aromatic rings. The third-order valence-electron chi connectivity index (χ3n) is 3.40. The van der Waals surface area contributed by atoms with Crippen molar-refractivity contribution < 1.29 is 0 Å². The maximum Gasteiger partial charge on any atom is -0.0389 e. The Bertz CT molecular complexity index is 96.2. The van der Waals surface area contributed by atoms with Crippen LogP contribution in [0.15, 0.2) is 0 Å². The van der Waals surface area contributed by atoms with E-state index in [4.69, 9.17) is 0 Å². The summed E-state index contributed by atoms with van der Waals surface area (Å²) in [6.07, 6.45) is 5.83. The van der Waals surface area contributed by atoms with Crippen LogP contribution in [0.5, 0.6) is 0 Å². The Morgan fingerprint density at radius 2 is 1.90 bits per heavy atom. The number of hydrogen-bond acceptors (Lipinski definition) is 0. The Morgan fingerprint density at radius 3 is 2.40 bits per heavy atom. The van der Waals surface area contributed by atoms with Crippen LogP contribution < -0.4 is 0 Å². The molecule has 0 heteroatoms. The van der Waals surface area contributed by atoms with Crippen molar-refractivity contribution in [1.29, 1.82) is 0 Å². The van der Waals surface area contributed by atoms with Gasteiger partial charge < -0.3 is 0 Å². The SMILES string of the molecule is CC[C@H]1CCC[C@H](C)[C@H]1C. The highest BCUT2D eigenvalue weighted by Crippen LogP contribution is 2.35. The first kappa shape index (κ1) is 8.10. The summed E-state index contributed by atoms with van der Waals surface area (Å²) < 4.78 is 0. The molecule has 0 radical (unpaired) electrons. The first-order valence-corrected chi connectivity index (χ1v) is 4.75. The van der Waals surface area contributed by atoms with Gasteiger partial charge in [0.15, 0.2) is 0 Å². The minimum absolute atomic E-state index is 0.985. The van der Waals surface area contributed by atoms with Gasteiger partial charge in [0.1, 0.15) is 0 Å². The second kappa shape index (κ2) is 3.41. The Labute approximate surface area is 65.0 Å². The van der Waals surface area contributed by atoms with E-state index in [-0.39, 0.29) is 0 Å². The predicted octanol–water partition coefficient (Wildman–Crippen LogP) is 3.47. The monoisotopic (exact) mass is 140 g/mol. The average Bonchev–Trinajstić information content (AvgIpc) is 1.95. The van der Waals surface area contributed by atoms with Gasteiger partial charge in [-0.05, 0) is 17.8 Å². The zero-order valence-electron chi connectivity index (χ0n) is 7.56. The van der Waals surface area contributed by atoms with Gasteiger partial charge in [-0.2, -0.15) is 0 Å². The topological polar surface area (TPSA) is 0 Å². The highest BCUT2D eigenvalue weighted by Gasteiger charge is 2.24. The second-order valence-electron chi connectivity index (χ2n) is 3.94. The maximum atomic E-state index is 2.43. The normalized spacial score (nSPS) is 41.7. The zero-order chi connectivity index (χ0) is 7.56. The Morgan fingerprint density at radius 1 is 1.20 bits per heavy atom. The molecule has 0 N–H and O–H groups in total. The lowest BCUT2D eigenvalue weighted by Crippen LogP contribution is -2.23. The Hall–Kier alpha value is 0. The van der Waals surface area contributed by atoms with Crippen LogP contribution in [0.1, 0.15) is 46.5 Å². The van der Waals surface area contributed by atoms with Gasteiger partial charge in [0, 0.05) is 0 Å². The first-order chi connectivity index (χ1) is 4.75. The minimum atomic E-state index is 0.985. The summed E-state index contributed by atoms with van der Waals surface area (Å²) in [6.45, 7) is 7.17. The molecule has 0 nitrogen and oxygen atoms in total. The maximum absolute atomic E-state index is 2.43. The van der Waals surface area contributed by atoms with Crippen LogP contribution in [0, 0.1) is 17.8 Å². The summed E-state index contributed by atoms with van der Waals surface area (Å²) >= 11 is 0. The summed E-state index contributed by atoms with van der Waals surface area (Å²) in [5, 5.41) is 0. The molecule has 10 heavy (non-hydrogen) atoms. The van der Waals surface area contributed by atoms with Gasteiger partial charge >= 0.3 is 0 Å². The summed E-state index contributed by atoms with van der Waals surface area (Å²) in [6, 6.07) is 0. The van der Waals surface area contributed by atoms with Crippen LogP contribution in [-0.4, -0.2) is 0 Å². The molecule has 0 spiro atoms. The van der Waals surface area contributed by atoms with E-state index in [2.05, 4.69) is 20.8 Å². The van der Waals surface area contributed by atoms with E-state index in [1.54, 1.807) is 0 Å². The van der Waals surface area contributed by atoms with Gasteiger partial charge in [0.05, 0.1) is 0 Å². The second-order valence-corrected chi connectivity index (χ2v) is 3.94. The van der Waals surface area contributed by atoms with Crippen molar-refractivity contribution in [3.05, 3.63) is 0 Å². The van der Waals surface area contributed by atoms with Crippen molar-refractivity contribution in [1.82, 2.24) is 0 Å². The van der Waals surface area contributed by atoms with Crippen LogP contribution in [0.25, 0.3) is 0 Å². The number of hydrogen-bond donors (Lipinski definition) is 0. The molecule has 0 amide bonds. The molecule has 0 bridgehead atoms. The fraction of sp³-hybridized carbons (Fsp3) is 1.00. The quantitative estimate of drug-likeness (QED) is 0.523. The van der Waals surface area contributed by atoms with Gasteiger partial charge in [0.2, 0.25) is 0 Å². The van der Waals surface area contributed by atoms with Gasteiger partial charge in [-0.25, -0.2) is 0 Å². The lowest BCUT2D eigenvalue weighted by molar-refractivity contribution is 0.178. The van der Waals surface area contributed by atoms with E-state index < -0.39 is 0 Å². The van der Waals surface area contributed by atoms with Crippen LogP contribution >= 0.6 is 0 Å². The first-order valence-electron chi connectivity index (χ1n) is 4.75. The molecule has 0 aliphatic heterocycles. The molecule has 0 heterocycles. The highest BCUT2D eigenvalue weighted by atomic mass is 14.3. The molecule has 60 valence electrons. The third-order valence-corrected chi connectivity index (χ3v) is 3.40. The molecule has 0 unspecified atom stereocenters. The average molecular weight is 140 g/mol. The van der Waals surface area contributed by atoms with Gasteiger partial charge in [-0.1, -0.05) is 46.5 Å². The van der Waals surface area contributed by atoms with Gasteiger partial charge in [-0.3, -0.25) is 0 Å². The van der Waals surface area contributed by atoms with Crippen molar-refractivity contribution in [2.75, 3.05) is 0 Å². The van der Waals surface area contributed by atoms with E-state index in [9.17, 15) is 0 Å². The third kappa shape index (κ3) is 1.53. The lowest BCUT2D eigenvalue weighted by Gasteiger charge is -2.33. The summed E-state index contributed by atoms with van der Waals surface area (Å²) in [7, 11) is 0. The molecule has 1 fully saturated rings. The minimum Gasteiger partial charge on any atom is -0.0651 e. The van der Waals surface area contributed by atoms with Crippen molar-refractivity contribution in [2.45, 2.75) is 46.5 Å². The van der Waals surface area contributed by atoms with Gasteiger partial charge in [0.25, 0.3) is 0 Å². The van der Waals surface area contributed by atoms with Crippen LogP contribution in [-0.2, 0) is 0 Å². The summed E-state index contributed by atoms with van der Waals surface area (Å²) in [5.74, 6) is 3.00. The molecular weight excluding hydrogens is 120 g/mol. The fourth-order valence-corrected chi connectivity index (χ4v) is 2.27. The van der Waals surface area contributed by atoms with E-state index >= 15 is 0 Å². The smallest absolute Gasteiger partial charge is 0.0389 e. The molecule has 1 saturated carbocycles. The van der Waals surface area contributed by atoms with E-state index in [1.807, 2.05) is 0 Å². The van der Waals surface area contributed by atoms with Crippen molar-refractivity contribution >= 4 is 0 Å². The largest absolute Gasteiger partial charge is 0.0651 e. The molecule has 3 atom stereocenters. The van der Waals surface area contributed by atoms with E-state index in [0.29, 0.717) is 0 Å². The van der Waals surface area contributed by atoms with Crippen molar-refractivity contribution in [3.8, 4) is 0 Å². The van der Waals surface area contributed by atoms with Crippen LogP contribution in [0.3, 0.4) is 0 Å². The van der Waals surface area contributed by atoms with Crippen LogP contribution in [0.4, 0.5) is 0 Å². The Balaban J connectivity index is 2.42. The van der Waals surface area contributed by atoms with Crippen molar-refractivity contribution in [3.63, 3.8) is 0 Å². The number of rotatable bonds is 1. The molecule has 1 aliphatic rings. The molecular formula is C10H20. The molecule has 0 saturated heterocycles. The van der Waals surface area contributed by atoms with Gasteiger partial charge in [-0.15, -0.1) is 0 Å². The fourth-order valence-electron chi connectivity index (χ4n) is 2.27. The highest BCUT2D eigenvalue weighted by molar-refractivity contribution is 4.75. The van der Waals surface area contributed by atoms with Crippen molar-refractivity contribution in [2.24, 2.45) is 17.8 Å². The Kier molecular flexibility index (Phi) is 2.76. The molecule has 0 aromatic heterocycles. The van der Waals surface area contributed by atoms with E-state index in [0.717, 1.165) is 17.8 Å². The summed E-state index contributed by atoms with van der Waals surface area (Å²) in [5.41, 5.74) is 0. The predicted molar refractivity (Wildman–Crippen MR) is 46.0 cm³/mol. The lowest BCUT2D eigenvalue weighted by atomic mass is 9.73. The molecule has 1 aliphatic carbocycles. The van der Waals surface area contributed by atoms with E-state index in [1.165, 1.54) is 25.7 Å². The standard InChI is InChI=1S/C10H20/c1-4-10-7-5-6-8(2)9(10)3/h8-10H,4-7H2,1-3H3/t8-,9+,10-/m0/s1. The summed E-state index contributed by atoms with van der Waals surface area (Å²) in [4.78, 5) is 0. The zero-order valence-corrected chi connectivity index (χ0v) is 7.56. The van der Waals surface area contributed by atoms with Crippen LogP contribution in [0.2, 0.25) is 0 Å².